The Balaban J connectivity index is 2.26. The lowest BCUT2D eigenvalue weighted by Crippen LogP contribution is -2.14. The average molecular weight is 254 g/mol. The van der Waals surface area contributed by atoms with Gasteiger partial charge in [0.15, 0.2) is 0 Å². The lowest BCUT2D eigenvalue weighted by molar-refractivity contribution is 0.102. The summed E-state index contributed by atoms with van der Waals surface area (Å²) in [5.41, 5.74) is 9.89. The molecule has 0 saturated heterocycles. The normalized spacial score (nSPS) is 10.2. The van der Waals surface area contributed by atoms with Crippen LogP contribution in [-0.2, 0) is 6.42 Å². The van der Waals surface area contributed by atoms with Crippen LogP contribution in [-0.4, -0.2) is 5.91 Å². The molecule has 98 valence electrons. The van der Waals surface area contributed by atoms with E-state index in [1.807, 2.05) is 31.2 Å². The Morgan fingerprint density at radius 2 is 1.95 bits per heavy atom. The average Bonchev–Trinajstić information content (AvgIpc) is 2.39. The molecule has 0 heterocycles. The first-order valence-corrected chi connectivity index (χ1v) is 6.37. The van der Waals surface area contributed by atoms with Crippen LogP contribution < -0.4 is 11.1 Å². The monoisotopic (exact) mass is 254 g/mol. The molecule has 0 spiro atoms. The first-order chi connectivity index (χ1) is 9.11. The number of hydrogen-bond acceptors (Lipinski definition) is 2. The molecule has 3 nitrogen and oxygen atoms in total. The largest absolute Gasteiger partial charge is 0.399 e. The van der Waals surface area contributed by atoms with Crippen LogP contribution in [0.1, 0.15) is 28.4 Å². The van der Waals surface area contributed by atoms with Crippen LogP contribution in [0, 0.1) is 6.92 Å². The van der Waals surface area contributed by atoms with Gasteiger partial charge < -0.3 is 11.1 Å². The second-order valence-corrected chi connectivity index (χ2v) is 4.54. The Hall–Kier alpha value is -2.29. The summed E-state index contributed by atoms with van der Waals surface area (Å²) in [6.07, 6.45) is 0.886. The topological polar surface area (TPSA) is 55.1 Å². The molecule has 0 unspecified atom stereocenters. The zero-order chi connectivity index (χ0) is 13.8. The van der Waals surface area contributed by atoms with E-state index in [1.54, 1.807) is 18.2 Å². The number of amides is 1. The lowest BCUT2D eigenvalue weighted by atomic mass is 10.1. The van der Waals surface area contributed by atoms with Gasteiger partial charge in [0, 0.05) is 16.9 Å². The third kappa shape index (κ3) is 2.94. The zero-order valence-corrected chi connectivity index (χ0v) is 11.2. The van der Waals surface area contributed by atoms with E-state index in [0.717, 1.165) is 23.2 Å². The van der Waals surface area contributed by atoms with Gasteiger partial charge in [-0.15, -0.1) is 0 Å². The van der Waals surface area contributed by atoms with Crippen LogP contribution in [0.25, 0.3) is 0 Å². The molecule has 3 heteroatoms. The molecule has 0 aromatic heterocycles. The van der Waals surface area contributed by atoms with Crippen LogP contribution >= 0.6 is 0 Å². The molecule has 3 N–H and O–H groups in total. The maximum absolute atomic E-state index is 12.3. The van der Waals surface area contributed by atoms with Crippen molar-refractivity contribution in [1.29, 1.82) is 0 Å². The van der Waals surface area contributed by atoms with Crippen molar-refractivity contribution in [3.63, 3.8) is 0 Å². The number of nitrogens with two attached hydrogens (primary N) is 1. The molecule has 0 atom stereocenters. The predicted molar refractivity (Wildman–Crippen MR) is 79.4 cm³/mol. The summed E-state index contributed by atoms with van der Waals surface area (Å²) < 4.78 is 0. The van der Waals surface area contributed by atoms with E-state index in [0.29, 0.717) is 11.3 Å². The molecule has 0 aliphatic rings. The lowest BCUT2D eigenvalue weighted by Gasteiger charge is -2.11. The molecule has 2 aromatic carbocycles. The number of anilines is 2. The van der Waals surface area contributed by atoms with Crippen LogP contribution in [0.3, 0.4) is 0 Å². The third-order valence-corrected chi connectivity index (χ3v) is 3.14. The summed E-state index contributed by atoms with van der Waals surface area (Å²) in [6.45, 7) is 3.95. The molecular weight excluding hydrogens is 236 g/mol. The Morgan fingerprint density at radius 1 is 1.21 bits per heavy atom. The van der Waals surface area contributed by atoms with Gasteiger partial charge in [0.05, 0.1) is 0 Å². The van der Waals surface area contributed by atoms with Gasteiger partial charge in [-0.1, -0.05) is 25.1 Å². The maximum atomic E-state index is 12.3. The summed E-state index contributed by atoms with van der Waals surface area (Å²) in [6, 6.07) is 13.1. The summed E-state index contributed by atoms with van der Waals surface area (Å²) in [5.74, 6) is -0.0987. The number of hydrogen-bond donors (Lipinski definition) is 2. The van der Waals surface area contributed by atoms with Crippen molar-refractivity contribution in [3.05, 3.63) is 59.2 Å². The predicted octanol–water partition coefficient (Wildman–Crippen LogP) is 3.39. The molecule has 0 bridgehead atoms. The Morgan fingerprint density at radius 3 is 2.63 bits per heavy atom. The van der Waals surface area contributed by atoms with E-state index < -0.39 is 0 Å². The highest BCUT2D eigenvalue weighted by atomic mass is 16.1. The SMILES string of the molecule is CCc1ccccc1NC(=O)c1ccc(N)cc1C. The molecule has 2 rings (SSSR count). The van der Waals surface area contributed by atoms with E-state index in [4.69, 9.17) is 5.73 Å². The Kier molecular flexibility index (Phi) is 3.85. The number of carbonyl (C=O) groups excluding carboxylic acids is 1. The minimum absolute atomic E-state index is 0.0987. The van der Waals surface area contributed by atoms with Gasteiger partial charge in [0.1, 0.15) is 0 Å². The Labute approximate surface area is 113 Å². The summed E-state index contributed by atoms with van der Waals surface area (Å²) >= 11 is 0. The highest BCUT2D eigenvalue weighted by Gasteiger charge is 2.10. The number of nitrogens with one attached hydrogen (secondary N) is 1. The van der Waals surface area contributed by atoms with Crippen molar-refractivity contribution in [1.82, 2.24) is 0 Å². The fraction of sp³-hybridized carbons (Fsp3) is 0.188. The van der Waals surface area contributed by atoms with Crippen molar-refractivity contribution < 1.29 is 4.79 Å². The molecule has 1 amide bonds. The van der Waals surface area contributed by atoms with Crippen molar-refractivity contribution in [2.45, 2.75) is 20.3 Å². The summed E-state index contributed by atoms with van der Waals surface area (Å²) in [4.78, 5) is 12.3. The molecule has 2 aromatic rings. The smallest absolute Gasteiger partial charge is 0.255 e. The number of para-hydroxylation sites is 1. The van der Waals surface area contributed by atoms with Gasteiger partial charge in [-0.3, -0.25) is 4.79 Å². The van der Waals surface area contributed by atoms with E-state index >= 15 is 0 Å². The van der Waals surface area contributed by atoms with Crippen LogP contribution in [0.4, 0.5) is 11.4 Å². The van der Waals surface area contributed by atoms with Crippen LogP contribution in [0.2, 0.25) is 0 Å². The summed E-state index contributed by atoms with van der Waals surface area (Å²) in [5, 5.41) is 2.96. The van der Waals surface area contributed by atoms with Crippen LogP contribution in [0.5, 0.6) is 0 Å². The second kappa shape index (κ2) is 5.57. The number of aryl methyl sites for hydroxylation is 2. The molecule has 19 heavy (non-hydrogen) atoms. The Bertz CT molecular complexity index is 605. The van der Waals surface area contributed by atoms with E-state index in [2.05, 4.69) is 12.2 Å². The zero-order valence-electron chi connectivity index (χ0n) is 11.2. The van der Waals surface area contributed by atoms with E-state index in [1.165, 1.54) is 0 Å². The molecule has 0 aliphatic heterocycles. The quantitative estimate of drug-likeness (QED) is 0.825. The van der Waals surface area contributed by atoms with Crippen molar-refractivity contribution in [2.24, 2.45) is 0 Å². The molecule has 0 radical (unpaired) electrons. The highest BCUT2D eigenvalue weighted by Crippen LogP contribution is 2.18. The fourth-order valence-corrected chi connectivity index (χ4v) is 2.08. The maximum Gasteiger partial charge on any atom is 0.255 e. The van der Waals surface area contributed by atoms with Gasteiger partial charge in [-0.25, -0.2) is 0 Å². The third-order valence-electron chi connectivity index (χ3n) is 3.14. The number of rotatable bonds is 3. The van der Waals surface area contributed by atoms with Crippen molar-refractivity contribution >= 4 is 17.3 Å². The molecule has 0 aliphatic carbocycles. The van der Waals surface area contributed by atoms with Crippen LogP contribution in [0.15, 0.2) is 42.5 Å². The number of carbonyl (C=O) groups is 1. The minimum Gasteiger partial charge on any atom is -0.399 e. The summed E-state index contributed by atoms with van der Waals surface area (Å²) in [7, 11) is 0. The first kappa shape index (κ1) is 13.1. The fourth-order valence-electron chi connectivity index (χ4n) is 2.08. The van der Waals surface area contributed by atoms with Gasteiger partial charge in [0.2, 0.25) is 0 Å². The molecule has 0 saturated carbocycles. The van der Waals surface area contributed by atoms with Gasteiger partial charge >= 0.3 is 0 Å². The number of benzene rings is 2. The molecular formula is C16H18N2O. The highest BCUT2D eigenvalue weighted by molar-refractivity contribution is 6.05. The number of nitrogen functional groups attached to an aromatic ring is 1. The standard InChI is InChI=1S/C16H18N2O/c1-3-12-6-4-5-7-15(12)18-16(19)14-9-8-13(17)10-11(14)2/h4-10H,3,17H2,1-2H3,(H,18,19). The van der Waals surface area contributed by atoms with Gasteiger partial charge in [0.25, 0.3) is 5.91 Å². The van der Waals surface area contributed by atoms with Crippen molar-refractivity contribution in [2.75, 3.05) is 11.1 Å². The van der Waals surface area contributed by atoms with E-state index in [-0.39, 0.29) is 5.91 Å². The second-order valence-electron chi connectivity index (χ2n) is 4.54. The van der Waals surface area contributed by atoms with E-state index in [9.17, 15) is 4.79 Å². The van der Waals surface area contributed by atoms with Gasteiger partial charge in [-0.2, -0.15) is 0 Å². The van der Waals surface area contributed by atoms with Crippen molar-refractivity contribution in [3.8, 4) is 0 Å². The molecule has 0 fully saturated rings. The minimum atomic E-state index is -0.0987. The first-order valence-electron chi connectivity index (χ1n) is 6.37. The van der Waals surface area contributed by atoms with Gasteiger partial charge in [-0.05, 0) is 48.7 Å².